The molecule has 0 aliphatic carbocycles. The van der Waals surface area contributed by atoms with Gasteiger partial charge in [0.15, 0.2) is 0 Å². The number of aryl methyl sites for hydroxylation is 1. The molecule has 2 aromatic heterocycles. The normalized spacial score (nSPS) is 11.0. The van der Waals surface area contributed by atoms with Crippen molar-refractivity contribution in [3.05, 3.63) is 46.9 Å². The van der Waals surface area contributed by atoms with Crippen LogP contribution in [0.5, 0.6) is 0 Å². The Labute approximate surface area is 130 Å². The highest BCUT2D eigenvalue weighted by atomic mass is 32.1. The van der Waals surface area contributed by atoms with E-state index in [2.05, 4.69) is 10.4 Å². The number of rotatable bonds is 4. The largest absolute Gasteiger partial charge is 0.329 e. The van der Waals surface area contributed by atoms with Crippen LogP contribution in [0.3, 0.4) is 0 Å². The van der Waals surface area contributed by atoms with Gasteiger partial charge in [0.1, 0.15) is 5.82 Å². The van der Waals surface area contributed by atoms with Crippen LogP contribution in [-0.4, -0.2) is 22.2 Å². The Hall–Kier alpha value is -2.25. The lowest BCUT2D eigenvalue weighted by Gasteiger charge is -2.01. The van der Waals surface area contributed by atoms with Crippen molar-refractivity contribution in [2.75, 3.05) is 11.9 Å². The number of thiophene rings is 1. The van der Waals surface area contributed by atoms with Gasteiger partial charge in [-0.3, -0.25) is 9.48 Å². The van der Waals surface area contributed by atoms with Gasteiger partial charge in [0.25, 0.3) is 5.91 Å². The number of nitrogens with zero attached hydrogens (tertiary/aromatic N) is 2. The zero-order valence-electron chi connectivity index (χ0n) is 12.0. The zero-order chi connectivity index (χ0) is 15.7. The minimum atomic E-state index is -0.302. The van der Waals surface area contributed by atoms with Gasteiger partial charge in [-0.1, -0.05) is 0 Å². The molecule has 0 aliphatic heterocycles. The third-order valence-electron chi connectivity index (χ3n) is 3.35. The number of fused-ring (bicyclic) bond motifs is 1. The molecule has 0 saturated heterocycles. The van der Waals surface area contributed by atoms with Crippen molar-refractivity contribution in [2.24, 2.45) is 5.73 Å². The molecule has 0 saturated carbocycles. The van der Waals surface area contributed by atoms with Gasteiger partial charge in [0.05, 0.1) is 23.3 Å². The summed E-state index contributed by atoms with van der Waals surface area (Å²) in [5.74, 6) is -0.519. The molecule has 0 spiro atoms. The average Bonchev–Trinajstić information content (AvgIpc) is 3.05. The second-order valence-corrected chi connectivity index (χ2v) is 5.98. The van der Waals surface area contributed by atoms with Crippen LogP contribution >= 0.6 is 11.3 Å². The Morgan fingerprint density at radius 2 is 2.32 bits per heavy atom. The summed E-state index contributed by atoms with van der Waals surface area (Å²) in [6.07, 6.45) is 3.31. The van der Waals surface area contributed by atoms with Gasteiger partial charge in [-0.2, -0.15) is 5.10 Å². The lowest BCUT2D eigenvalue weighted by atomic mass is 10.1. The number of hydrogen-bond acceptors (Lipinski definition) is 4. The fraction of sp³-hybridized carbons (Fsp3) is 0.200. The summed E-state index contributed by atoms with van der Waals surface area (Å²) < 4.78 is 15.9. The number of nitrogens with one attached hydrogen (secondary N) is 1. The SMILES string of the molecule is Cc1c(C(=O)Nc2cnn(CCN)c2)sc2ccc(F)cc12. The molecule has 0 bridgehead atoms. The van der Waals surface area contributed by atoms with Crippen molar-refractivity contribution in [3.8, 4) is 0 Å². The van der Waals surface area contributed by atoms with E-state index in [4.69, 9.17) is 5.73 Å². The van der Waals surface area contributed by atoms with Crippen LogP contribution in [0.25, 0.3) is 10.1 Å². The van der Waals surface area contributed by atoms with Crippen LogP contribution in [0.15, 0.2) is 30.6 Å². The van der Waals surface area contributed by atoms with E-state index in [1.165, 1.54) is 23.5 Å². The van der Waals surface area contributed by atoms with Gasteiger partial charge in [-0.15, -0.1) is 11.3 Å². The minimum Gasteiger partial charge on any atom is -0.329 e. The molecule has 0 unspecified atom stereocenters. The van der Waals surface area contributed by atoms with Gasteiger partial charge in [-0.05, 0) is 36.1 Å². The van der Waals surface area contributed by atoms with Gasteiger partial charge < -0.3 is 11.1 Å². The highest BCUT2D eigenvalue weighted by molar-refractivity contribution is 7.21. The predicted octanol–water partition coefficient (Wildman–Crippen LogP) is 2.76. The van der Waals surface area contributed by atoms with Gasteiger partial charge in [0, 0.05) is 17.4 Å². The molecule has 0 aliphatic rings. The molecule has 3 rings (SSSR count). The number of aromatic nitrogens is 2. The van der Waals surface area contributed by atoms with Crippen molar-refractivity contribution >= 4 is 33.0 Å². The molecule has 22 heavy (non-hydrogen) atoms. The number of carbonyl (C=O) groups is 1. The Kier molecular flexibility index (Phi) is 3.91. The molecule has 2 heterocycles. The fourth-order valence-corrected chi connectivity index (χ4v) is 3.37. The highest BCUT2D eigenvalue weighted by Gasteiger charge is 2.16. The number of anilines is 1. The van der Waals surface area contributed by atoms with Gasteiger partial charge >= 0.3 is 0 Å². The summed E-state index contributed by atoms with van der Waals surface area (Å²) in [6.45, 7) is 2.90. The first-order valence-electron chi connectivity index (χ1n) is 6.81. The molecule has 3 aromatic rings. The molecule has 0 atom stereocenters. The van der Waals surface area contributed by atoms with E-state index in [-0.39, 0.29) is 11.7 Å². The first kappa shape index (κ1) is 14.7. The lowest BCUT2D eigenvalue weighted by Crippen LogP contribution is -2.11. The molecule has 0 fully saturated rings. The van der Waals surface area contributed by atoms with Crippen molar-refractivity contribution in [1.29, 1.82) is 0 Å². The second-order valence-electron chi connectivity index (χ2n) is 4.93. The number of carbonyl (C=O) groups excluding carboxylic acids is 1. The first-order valence-corrected chi connectivity index (χ1v) is 7.62. The van der Waals surface area contributed by atoms with E-state index in [9.17, 15) is 9.18 Å². The van der Waals surface area contributed by atoms with Gasteiger partial charge in [-0.25, -0.2) is 4.39 Å². The molecule has 0 radical (unpaired) electrons. The summed E-state index contributed by atoms with van der Waals surface area (Å²) >= 11 is 1.35. The zero-order valence-corrected chi connectivity index (χ0v) is 12.8. The number of hydrogen-bond donors (Lipinski definition) is 2. The van der Waals surface area contributed by atoms with Gasteiger partial charge in [0.2, 0.25) is 0 Å². The quantitative estimate of drug-likeness (QED) is 0.777. The molecule has 3 N–H and O–H groups in total. The number of benzene rings is 1. The molecule has 1 amide bonds. The summed E-state index contributed by atoms with van der Waals surface area (Å²) in [4.78, 5) is 13.0. The maximum atomic E-state index is 13.3. The standard InChI is InChI=1S/C15H15FN4OS/c1-9-12-6-10(16)2-3-13(12)22-14(9)15(21)19-11-7-18-20(8-11)5-4-17/h2-3,6-8H,4-5,17H2,1H3,(H,19,21). The number of nitrogens with two attached hydrogens (primary N) is 1. The predicted molar refractivity (Wildman–Crippen MR) is 85.8 cm³/mol. The molecule has 1 aromatic carbocycles. The monoisotopic (exact) mass is 318 g/mol. The number of amides is 1. The summed E-state index contributed by atoms with van der Waals surface area (Å²) in [5, 5.41) is 7.68. The van der Waals surface area contributed by atoms with Crippen molar-refractivity contribution < 1.29 is 9.18 Å². The topological polar surface area (TPSA) is 72.9 Å². The number of halogens is 1. The van der Waals surface area contributed by atoms with E-state index in [0.717, 1.165) is 15.6 Å². The second kappa shape index (κ2) is 5.86. The van der Waals surface area contributed by atoms with Crippen molar-refractivity contribution in [1.82, 2.24) is 9.78 Å². The summed E-state index contributed by atoms with van der Waals surface area (Å²) in [5.41, 5.74) is 6.86. The lowest BCUT2D eigenvalue weighted by molar-refractivity contribution is 0.103. The maximum absolute atomic E-state index is 13.3. The van der Waals surface area contributed by atoms with Crippen molar-refractivity contribution in [2.45, 2.75) is 13.5 Å². The minimum absolute atomic E-state index is 0.216. The van der Waals surface area contributed by atoms with E-state index in [0.29, 0.717) is 23.7 Å². The van der Waals surface area contributed by atoms with E-state index in [1.807, 2.05) is 6.92 Å². The Bertz CT molecular complexity index is 839. The molecule has 114 valence electrons. The molecule has 5 nitrogen and oxygen atoms in total. The molecule has 7 heteroatoms. The van der Waals surface area contributed by atoms with Crippen LogP contribution in [0, 0.1) is 12.7 Å². The third-order valence-corrected chi connectivity index (χ3v) is 4.63. The van der Waals surface area contributed by atoms with Crippen LogP contribution in [0.4, 0.5) is 10.1 Å². The molecular weight excluding hydrogens is 303 g/mol. The average molecular weight is 318 g/mol. The highest BCUT2D eigenvalue weighted by Crippen LogP contribution is 2.31. The fourth-order valence-electron chi connectivity index (χ4n) is 2.28. The Balaban J connectivity index is 1.86. The van der Waals surface area contributed by atoms with E-state index >= 15 is 0 Å². The molecular formula is C15H15FN4OS. The van der Waals surface area contributed by atoms with Crippen LogP contribution in [-0.2, 0) is 6.54 Å². The first-order chi connectivity index (χ1) is 10.6. The van der Waals surface area contributed by atoms with Crippen LogP contribution in [0.2, 0.25) is 0 Å². The van der Waals surface area contributed by atoms with E-state index in [1.54, 1.807) is 23.1 Å². The Morgan fingerprint density at radius 3 is 3.09 bits per heavy atom. The Morgan fingerprint density at radius 1 is 1.50 bits per heavy atom. The summed E-state index contributed by atoms with van der Waals surface area (Å²) in [7, 11) is 0. The smallest absolute Gasteiger partial charge is 0.266 e. The van der Waals surface area contributed by atoms with E-state index < -0.39 is 0 Å². The van der Waals surface area contributed by atoms with Crippen LogP contribution < -0.4 is 11.1 Å². The van der Waals surface area contributed by atoms with Crippen LogP contribution in [0.1, 0.15) is 15.2 Å². The van der Waals surface area contributed by atoms with Crippen molar-refractivity contribution in [3.63, 3.8) is 0 Å². The third kappa shape index (κ3) is 2.72. The summed E-state index contributed by atoms with van der Waals surface area (Å²) in [6, 6.07) is 4.55. The maximum Gasteiger partial charge on any atom is 0.266 e.